The summed E-state index contributed by atoms with van der Waals surface area (Å²) in [5, 5.41) is 5.39. The number of para-hydroxylation sites is 1. The van der Waals surface area contributed by atoms with E-state index in [9.17, 15) is 9.59 Å². The maximum absolute atomic E-state index is 11.7. The minimum atomic E-state index is -0.229. The Bertz CT molecular complexity index is 528. The number of amides is 2. The van der Waals surface area contributed by atoms with Crippen LogP contribution in [0.3, 0.4) is 0 Å². The largest absolute Gasteiger partial charge is 0.347 e. The average Bonchev–Trinajstić information content (AvgIpc) is 2.92. The number of hydrogen-bond donors (Lipinski definition) is 2. The molecule has 0 aromatic heterocycles. The monoisotopic (exact) mass is 336 g/mol. The predicted octanol–water partition coefficient (Wildman–Crippen LogP) is 2.86. The van der Waals surface area contributed by atoms with Crippen molar-refractivity contribution in [2.75, 3.05) is 11.9 Å². The van der Waals surface area contributed by atoms with Gasteiger partial charge in [0.2, 0.25) is 11.8 Å². The Kier molecular flexibility index (Phi) is 5.35. The van der Waals surface area contributed by atoms with Gasteiger partial charge in [-0.2, -0.15) is 0 Å². The first-order valence-corrected chi connectivity index (χ1v) is 7.42. The summed E-state index contributed by atoms with van der Waals surface area (Å²) < 4.78 is 0.816. The topological polar surface area (TPSA) is 58.2 Å². The second kappa shape index (κ2) is 7.24. The number of allylic oxidation sites excluding steroid dienone is 2. The van der Waals surface area contributed by atoms with Crippen molar-refractivity contribution in [2.45, 2.75) is 19.3 Å². The fourth-order valence-electron chi connectivity index (χ4n) is 2.11. The summed E-state index contributed by atoms with van der Waals surface area (Å²) in [6, 6.07) is 7.36. The minimum Gasteiger partial charge on any atom is -0.347 e. The zero-order chi connectivity index (χ0) is 14.4. The molecule has 5 heteroatoms. The fraction of sp³-hybridized carbons (Fsp3) is 0.333. The van der Waals surface area contributed by atoms with Gasteiger partial charge in [0.25, 0.3) is 0 Å². The molecule has 0 aliphatic heterocycles. The van der Waals surface area contributed by atoms with Crippen molar-refractivity contribution in [2.24, 2.45) is 5.92 Å². The Balaban J connectivity index is 1.73. The molecule has 2 amide bonds. The van der Waals surface area contributed by atoms with Crippen LogP contribution in [-0.2, 0) is 9.59 Å². The Morgan fingerprint density at radius 2 is 2.05 bits per heavy atom. The molecule has 0 fully saturated rings. The molecule has 0 unspecified atom stereocenters. The number of rotatable bonds is 5. The summed E-state index contributed by atoms with van der Waals surface area (Å²) in [7, 11) is 0. The van der Waals surface area contributed by atoms with Crippen LogP contribution in [0, 0.1) is 5.92 Å². The van der Waals surface area contributed by atoms with Crippen molar-refractivity contribution < 1.29 is 9.59 Å². The van der Waals surface area contributed by atoms with E-state index in [4.69, 9.17) is 0 Å². The lowest BCUT2D eigenvalue weighted by Crippen LogP contribution is -2.33. The van der Waals surface area contributed by atoms with Gasteiger partial charge in [0.05, 0.1) is 12.2 Å². The summed E-state index contributed by atoms with van der Waals surface area (Å²) >= 11 is 3.35. The van der Waals surface area contributed by atoms with Gasteiger partial charge < -0.3 is 10.6 Å². The van der Waals surface area contributed by atoms with Gasteiger partial charge in [0, 0.05) is 10.9 Å². The highest BCUT2D eigenvalue weighted by Crippen LogP contribution is 2.21. The summed E-state index contributed by atoms with van der Waals surface area (Å²) in [5.74, 6) is 0.0115. The van der Waals surface area contributed by atoms with E-state index in [1.54, 1.807) is 6.07 Å². The van der Waals surface area contributed by atoms with Crippen LogP contribution in [-0.4, -0.2) is 18.4 Å². The fourth-order valence-corrected chi connectivity index (χ4v) is 2.50. The molecule has 0 heterocycles. The van der Waals surface area contributed by atoms with Crippen molar-refractivity contribution in [1.82, 2.24) is 5.32 Å². The number of halogens is 1. The Labute approximate surface area is 126 Å². The number of hydrogen-bond acceptors (Lipinski definition) is 2. The van der Waals surface area contributed by atoms with Gasteiger partial charge in [-0.05, 0) is 46.8 Å². The third-order valence-electron chi connectivity index (χ3n) is 3.15. The van der Waals surface area contributed by atoms with Gasteiger partial charge in [0.15, 0.2) is 0 Å². The van der Waals surface area contributed by atoms with Gasteiger partial charge >= 0.3 is 0 Å². The number of nitrogens with one attached hydrogen (secondary N) is 2. The maximum atomic E-state index is 11.7. The molecule has 2 rings (SSSR count). The van der Waals surface area contributed by atoms with Crippen LogP contribution in [0.5, 0.6) is 0 Å². The number of carbonyl (C=O) groups is 2. The highest BCUT2D eigenvalue weighted by atomic mass is 79.9. The molecule has 1 aliphatic rings. The lowest BCUT2D eigenvalue weighted by atomic mass is 10.1. The van der Waals surface area contributed by atoms with Gasteiger partial charge in [0.1, 0.15) is 0 Å². The van der Waals surface area contributed by atoms with Crippen LogP contribution >= 0.6 is 15.9 Å². The first kappa shape index (κ1) is 14.8. The standard InChI is InChI=1S/C15H17BrN2O2/c16-12-7-3-4-8-13(12)18-15(20)10-17-14(19)9-11-5-1-2-6-11/h1,3-5,7-8,11H,2,6,9-10H2,(H,17,19)(H,18,20)/t11-/m1/s1. The van der Waals surface area contributed by atoms with E-state index in [2.05, 4.69) is 38.7 Å². The molecule has 0 spiro atoms. The molecule has 106 valence electrons. The smallest absolute Gasteiger partial charge is 0.243 e. The van der Waals surface area contributed by atoms with Crippen molar-refractivity contribution in [3.63, 3.8) is 0 Å². The minimum absolute atomic E-state index is 0.00337. The zero-order valence-corrected chi connectivity index (χ0v) is 12.7. The second-order valence-electron chi connectivity index (χ2n) is 4.77. The number of anilines is 1. The molecule has 0 radical (unpaired) electrons. The van der Waals surface area contributed by atoms with E-state index >= 15 is 0 Å². The molecule has 1 aliphatic carbocycles. The molecule has 4 nitrogen and oxygen atoms in total. The van der Waals surface area contributed by atoms with Crippen LogP contribution in [0.25, 0.3) is 0 Å². The van der Waals surface area contributed by atoms with Crippen molar-refractivity contribution in [3.8, 4) is 0 Å². The molecule has 0 bridgehead atoms. The van der Waals surface area contributed by atoms with Crippen LogP contribution < -0.4 is 10.6 Å². The number of benzene rings is 1. The molecule has 1 aromatic carbocycles. The third kappa shape index (κ3) is 4.49. The maximum Gasteiger partial charge on any atom is 0.243 e. The third-order valence-corrected chi connectivity index (χ3v) is 3.85. The van der Waals surface area contributed by atoms with E-state index in [1.165, 1.54) is 0 Å². The van der Waals surface area contributed by atoms with Crippen molar-refractivity contribution in [1.29, 1.82) is 0 Å². The normalized spacial score (nSPS) is 16.9. The van der Waals surface area contributed by atoms with E-state index in [0.29, 0.717) is 18.0 Å². The molecule has 2 N–H and O–H groups in total. The number of carbonyl (C=O) groups excluding carboxylic acids is 2. The highest BCUT2D eigenvalue weighted by Gasteiger charge is 2.14. The highest BCUT2D eigenvalue weighted by molar-refractivity contribution is 9.10. The van der Waals surface area contributed by atoms with Gasteiger partial charge in [-0.25, -0.2) is 0 Å². The first-order valence-electron chi connectivity index (χ1n) is 6.63. The SMILES string of the molecule is O=C(C[C@@H]1C=CCC1)NCC(=O)Nc1ccccc1Br. The van der Waals surface area contributed by atoms with Crippen molar-refractivity contribution >= 4 is 33.4 Å². The Morgan fingerprint density at radius 1 is 1.25 bits per heavy atom. The average molecular weight is 337 g/mol. The van der Waals surface area contributed by atoms with E-state index in [-0.39, 0.29) is 18.4 Å². The predicted molar refractivity (Wildman–Crippen MR) is 82.3 cm³/mol. The lowest BCUT2D eigenvalue weighted by molar-refractivity contribution is -0.124. The van der Waals surface area contributed by atoms with Gasteiger partial charge in [-0.1, -0.05) is 24.3 Å². The molecule has 1 aromatic rings. The summed E-state index contributed by atoms with van der Waals surface area (Å²) in [5.41, 5.74) is 0.700. The first-order chi connectivity index (χ1) is 9.65. The molecule has 0 saturated carbocycles. The van der Waals surface area contributed by atoms with Crippen LogP contribution in [0.4, 0.5) is 5.69 Å². The van der Waals surface area contributed by atoms with Gasteiger partial charge in [-0.3, -0.25) is 9.59 Å². The second-order valence-corrected chi connectivity index (χ2v) is 5.63. The van der Waals surface area contributed by atoms with E-state index < -0.39 is 0 Å². The van der Waals surface area contributed by atoms with Crippen LogP contribution in [0.2, 0.25) is 0 Å². The Morgan fingerprint density at radius 3 is 2.75 bits per heavy atom. The molecular formula is C15H17BrN2O2. The summed E-state index contributed by atoms with van der Waals surface area (Å²) in [6.45, 7) is -0.00337. The van der Waals surface area contributed by atoms with E-state index in [1.807, 2.05) is 18.2 Å². The van der Waals surface area contributed by atoms with Gasteiger partial charge in [-0.15, -0.1) is 0 Å². The quantitative estimate of drug-likeness (QED) is 0.812. The lowest BCUT2D eigenvalue weighted by Gasteiger charge is -2.10. The molecular weight excluding hydrogens is 320 g/mol. The van der Waals surface area contributed by atoms with Crippen LogP contribution in [0.1, 0.15) is 19.3 Å². The molecule has 1 atom stereocenters. The Hall–Kier alpha value is -1.62. The summed E-state index contributed by atoms with van der Waals surface area (Å²) in [6.07, 6.45) is 6.69. The summed E-state index contributed by atoms with van der Waals surface area (Å²) in [4.78, 5) is 23.4. The van der Waals surface area contributed by atoms with Crippen LogP contribution in [0.15, 0.2) is 40.9 Å². The molecule has 20 heavy (non-hydrogen) atoms. The van der Waals surface area contributed by atoms with E-state index in [0.717, 1.165) is 17.3 Å². The zero-order valence-electron chi connectivity index (χ0n) is 11.1. The van der Waals surface area contributed by atoms with Crippen molar-refractivity contribution in [3.05, 3.63) is 40.9 Å². The molecule has 0 saturated heterocycles.